The zero-order chi connectivity index (χ0) is 19.9. The molecule has 0 bridgehead atoms. The van der Waals surface area contributed by atoms with E-state index in [0.717, 1.165) is 11.5 Å². The number of nitrogens with one attached hydrogen (secondary N) is 2. The molecule has 3 aromatic rings. The Morgan fingerprint density at radius 2 is 1.61 bits per heavy atom. The van der Waals surface area contributed by atoms with Crippen LogP contribution in [0.1, 0.15) is 12.7 Å². The van der Waals surface area contributed by atoms with E-state index in [1.54, 1.807) is 24.3 Å². The van der Waals surface area contributed by atoms with Gasteiger partial charge in [-0.3, -0.25) is 4.79 Å². The lowest BCUT2D eigenvalue weighted by Gasteiger charge is -2.09. The van der Waals surface area contributed by atoms with E-state index in [0.29, 0.717) is 34.0 Å². The minimum absolute atomic E-state index is 0.112. The van der Waals surface area contributed by atoms with Crippen molar-refractivity contribution in [2.24, 2.45) is 0 Å². The van der Waals surface area contributed by atoms with Crippen LogP contribution in [-0.4, -0.2) is 26.4 Å². The highest BCUT2D eigenvalue weighted by Gasteiger charge is 2.13. The third-order valence-electron chi connectivity index (χ3n) is 3.86. The van der Waals surface area contributed by atoms with Crippen LogP contribution in [0.5, 0.6) is 0 Å². The maximum Gasteiger partial charge on any atom is 0.234 e. The highest BCUT2D eigenvalue weighted by molar-refractivity contribution is 7.99. The molecule has 0 saturated heterocycles. The van der Waals surface area contributed by atoms with Gasteiger partial charge in [0, 0.05) is 28.0 Å². The summed E-state index contributed by atoms with van der Waals surface area (Å²) in [6, 6.07) is 14.5. The fourth-order valence-corrected chi connectivity index (χ4v) is 3.56. The predicted octanol–water partition coefficient (Wildman–Crippen LogP) is 4.95. The molecule has 0 aliphatic carbocycles. The van der Waals surface area contributed by atoms with Gasteiger partial charge < -0.3 is 15.2 Å². The number of nitrogens with zero attached hydrogens (tertiary/aromatic N) is 3. The predicted molar refractivity (Wildman–Crippen MR) is 115 cm³/mol. The Morgan fingerprint density at radius 1 is 1.00 bits per heavy atom. The molecule has 0 spiro atoms. The highest BCUT2D eigenvalue weighted by Crippen LogP contribution is 2.20. The van der Waals surface area contributed by atoms with Gasteiger partial charge in [-0.1, -0.05) is 35.0 Å². The number of aromatic nitrogens is 3. The number of anilines is 2. The number of amides is 1. The van der Waals surface area contributed by atoms with Crippen LogP contribution in [-0.2, 0) is 17.9 Å². The maximum absolute atomic E-state index is 12.2. The van der Waals surface area contributed by atoms with Crippen molar-refractivity contribution in [1.29, 1.82) is 0 Å². The molecule has 0 atom stereocenters. The van der Waals surface area contributed by atoms with Gasteiger partial charge in [0.25, 0.3) is 0 Å². The number of carbonyl (C=O) groups excluding carboxylic acids is 1. The minimum atomic E-state index is -0.112. The van der Waals surface area contributed by atoms with E-state index in [4.69, 9.17) is 23.2 Å². The van der Waals surface area contributed by atoms with Crippen molar-refractivity contribution in [1.82, 2.24) is 14.8 Å². The van der Waals surface area contributed by atoms with Gasteiger partial charge in [0.1, 0.15) is 0 Å². The van der Waals surface area contributed by atoms with Gasteiger partial charge in [-0.25, -0.2) is 0 Å². The van der Waals surface area contributed by atoms with Gasteiger partial charge in [0.05, 0.1) is 12.3 Å². The summed E-state index contributed by atoms with van der Waals surface area (Å²) >= 11 is 13.1. The molecular formula is C19H19Cl2N5OS. The largest absolute Gasteiger partial charge is 0.378 e. The van der Waals surface area contributed by atoms with Crippen LogP contribution in [0.2, 0.25) is 10.0 Å². The number of hydrogen-bond acceptors (Lipinski definition) is 5. The van der Waals surface area contributed by atoms with E-state index >= 15 is 0 Å². The van der Waals surface area contributed by atoms with E-state index < -0.39 is 0 Å². The summed E-state index contributed by atoms with van der Waals surface area (Å²) in [6.45, 7) is 3.26. The lowest BCUT2D eigenvalue weighted by atomic mass is 10.3. The summed E-state index contributed by atoms with van der Waals surface area (Å²) in [5.41, 5.74) is 1.66. The van der Waals surface area contributed by atoms with Crippen molar-refractivity contribution in [3.05, 3.63) is 64.4 Å². The molecule has 2 N–H and O–H groups in total. The van der Waals surface area contributed by atoms with Crippen LogP contribution in [0.25, 0.3) is 0 Å². The van der Waals surface area contributed by atoms with Gasteiger partial charge in [-0.2, -0.15) is 0 Å². The first-order chi connectivity index (χ1) is 13.5. The number of benzene rings is 2. The number of rotatable bonds is 8. The molecule has 0 aliphatic rings. The Labute approximate surface area is 177 Å². The fraction of sp³-hybridized carbons (Fsp3) is 0.211. The fourth-order valence-electron chi connectivity index (χ4n) is 2.48. The van der Waals surface area contributed by atoms with Crippen molar-refractivity contribution in [3.8, 4) is 0 Å². The average molecular weight is 436 g/mol. The van der Waals surface area contributed by atoms with Gasteiger partial charge in [-0.15, -0.1) is 10.2 Å². The van der Waals surface area contributed by atoms with E-state index in [1.807, 2.05) is 35.8 Å². The highest BCUT2D eigenvalue weighted by atomic mass is 35.5. The third kappa shape index (κ3) is 5.64. The van der Waals surface area contributed by atoms with Crippen LogP contribution in [0.4, 0.5) is 11.4 Å². The molecule has 9 heteroatoms. The van der Waals surface area contributed by atoms with Crippen molar-refractivity contribution in [2.75, 3.05) is 16.4 Å². The number of carbonyl (C=O) groups is 1. The van der Waals surface area contributed by atoms with Crippen LogP contribution >= 0.6 is 35.0 Å². The molecule has 0 aliphatic heterocycles. The second-order valence-electron chi connectivity index (χ2n) is 5.85. The van der Waals surface area contributed by atoms with E-state index in [1.165, 1.54) is 11.8 Å². The average Bonchev–Trinajstić information content (AvgIpc) is 3.09. The lowest BCUT2D eigenvalue weighted by Crippen LogP contribution is -2.15. The second kappa shape index (κ2) is 9.82. The maximum atomic E-state index is 12.2. The summed E-state index contributed by atoms with van der Waals surface area (Å²) in [5, 5.41) is 16.6. The molecule has 2 aromatic carbocycles. The van der Waals surface area contributed by atoms with Crippen molar-refractivity contribution >= 4 is 52.2 Å². The van der Waals surface area contributed by atoms with Gasteiger partial charge in [-0.05, 0) is 55.5 Å². The molecule has 0 unspecified atom stereocenters. The lowest BCUT2D eigenvalue weighted by molar-refractivity contribution is -0.113. The summed E-state index contributed by atoms with van der Waals surface area (Å²) < 4.78 is 1.99. The Kier molecular flexibility index (Phi) is 7.19. The molecule has 0 saturated carbocycles. The third-order valence-corrected chi connectivity index (χ3v) is 5.34. The molecule has 1 aromatic heterocycles. The number of halogens is 2. The smallest absolute Gasteiger partial charge is 0.234 e. The quantitative estimate of drug-likeness (QED) is 0.489. The van der Waals surface area contributed by atoms with Crippen LogP contribution < -0.4 is 10.6 Å². The summed E-state index contributed by atoms with van der Waals surface area (Å²) in [6.07, 6.45) is 0. The second-order valence-corrected chi connectivity index (χ2v) is 7.66. The molecule has 1 amide bonds. The molecule has 28 heavy (non-hydrogen) atoms. The SMILES string of the molecule is CCn1c(CNc2ccc(Cl)cc2)nnc1SCC(=O)Nc1ccc(Cl)cc1. The standard InChI is InChI=1S/C19H19Cl2N5OS/c1-2-26-17(11-22-15-7-3-13(20)4-8-15)24-25-19(26)28-12-18(27)23-16-9-5-14(21)6-10-16/h3-10,22H,2,11-12H2,1H3,(H,23,27). The van der Waals surface area contributed by atoms with Crippen molar-refractivity contribution < 1.29 is 4.79 Å². The summed E-state index contributed by atoms with van der Waals surface area (Å²) in [5.74, 6) is 0.933. The first kappa shape index (κ1) is 20.5. The van der Waals surface area contributed by atoms with E-state index in [-0.39, 0.29) is 11.7 Å². The van der Waals surface area contributed by atoms with Crippen molar-refractivity contribution in [3.63, 3.8) is 0 Å². The van der Waals surface area contributed by atoms with Gasteiger partial charge in [0.15, 0.2) is 11.0 Å². The Bertz CT molecular complexity index is 929. The first-order valence-electron chi connectivity index (χ1n) is 8.65. The van der Waals surface area contributed by atoms with Crippen molar-refractivity contribution in [2.45, 2.75) is 25.2 Å². The van der Waals surface area contributed by atoms with E-state index in [2.05, 4.69) is 20.8 Å². The first-order valence-corrected chi connectivity index (χ1v) is 10.4. The molecular weight excluding hydrogens is 417 g/mol. The Morgan fingerprint density at radius 3 is 2.21 bits per heavy atom. The Balaban J connectivity index is 1.56. The zero-order valence-corrected chi connectivity index (χ0v) is 17.5. The molecule has 146 valence electrons. The zero-order valence-electron chi connectivity index (χ0n) is 15.2. The Hall–Kier alpha value is -2.22. The van der Waals surface area contributed by atoms with E-state index in [9.17, 15) is 4.79 Å². The molecule has 6 nitrogen and oxygen atoms in total. The molecule has 0 radical (unpaired) electrons. The number of hydrogen-bond donors (Lipinski definition) is 2. The minimum Gasteiger partial charge on any atom is -0.378 e. The number of thioether (sulfide) groups is 1. The van der Waals surface area contributed by atoms with Crippen LogP contribution in [0, 0.1) is 0 Å². The monoisotopic (exact) mass is 435 g/mol. The normalized spacial score (nSPS) is 10.7. The summed E-state index contributed by atoms with van der Waals surface area (Å²) in [7, 11) is 0. The summed E-state index contributed by atoms with van der Waals surface area (Å²) in [4.78, 5) is 12.2. The van der Waals surface area contributed by atoms with Crippen LogP contribution in [0.3, 0.4) is 0 Å². The van der Waals surface area contributed by atoms with Gasteiger partial charge in [0.2, 0.25) is 5.91 Å². The topological polar surface area (TPSA) is 71.8 Å². The van der Waals surface area contributed by atoms with Crippen LogP contribution in [0.15, 0.2) is 53.7 Å². The molecule has 3 rings (SSSR count). The van der Waals surface area contributed by atoms with Gasteiger partial charge >= 0.3 is 0 Å². The molecule has 1 heterocycles. The molecule has 0 fully saturated rings.